The average molecular weight is 173 g/mol. The molecule has 0 bridgehead atoms. The summed E-state index contributed by atoms with van der Waals surface area (Å²) in [5.41, 5.74) is 1.02. The fraction of sp³-hybridized carbons (Fsp3) is 0.200. The van der Waals surface area contributed by atoms with Crippen molar-refractivity contribution >= 4 is 0 Å². The Labute approximate surface area is 77.1 Å². The lowest BCUT2D eigenvalue weighted by Gasteiger charge is -2.03. The number of aryl methyl sites for hydroxylation is 2. The molecule has 0 radical (unpaired) electrons. The summed E-state index contributed by atoms with van der Waals surface area (Å²) in [6, 6.07) is 5.95. The van der Waals surface area contributed by atoms with Crippen molar-refractivity contribution in [2.75, 3.05) is 0 Å². The molecule has 0 N–H and O–H groups in total. The topological polar surface area (TPSA) is 30.7 Å². The Balaban J connectivity index is 2.53. The van der Waals surface area contributed by atoms with Crippen LogP contribution in [0.1, 0.15) is 11.5 Å². The number of nitrogens with zero attached hydrogens (tertiary/aromatic N) is 3. The van der Waals surface area contributed by atoms with Gasteiger partial charge in [-0.3, -0.25) is 4.57 Å². The number of rotatable bonds is 1. The predicted octanol–water partition coefficient (Wildman–Crippen LogP) is 1.88. The van der Waals surface area contributed by atoms with Crippen LogP contribution < -0.4 is 0 Å². The minimum Gasteiger partial charge on any atom is -0.288 e. The van der Waals surface area contributed by atoms with Gasteiger partial charge < -0.3 is 0 Å². The van der Waals surface area contributed by atoms with E-state index in [0.29, 0.717) is 0 Å². The van der Waals surface area contributed by atoms with Gasteiger partial charge in [-0.15, -0.1) is 0 Å². The van der Waals surface area contributed by atoms with E-state index in [2.05, 4.69) is 9.97 Å². The third-order valence-corrected chi connectivity index (χ3v) is 1.95. The van der Waals surface area contributed by atoms with Gasteiger partial charge in [0, 0.05) is 18.1 Å². The molecule has 0 aromatic carbocycles. The van der Waals surface area contributed by atoms with Crippen molar-refractivity contribution in [1.29, 1.82) is 0 Å². The van der Waals surface area contributed by atoms with Crippen molar-refractivity contribution in [3.8, 4) is 5.82 Å². The van der Waals surface area contributed by atoms with Crippen LogP contribution in [0, 0.1) is 13.8 Å². The summed E-state index contributed by atoms with van der Waals surface area (Å²) in [6.07, 6.45) is 3.69. The van der Waals surface area contributed by atoms with Gasteiger partial charge in [-0.25, -0.2) is 9.97 Å². The standard InChI is InChI=1S/C10H11N3/c1-8-4-3-5-10(12-8)13-7-6-11-9(13)2/h3-7H,1-2H3. The first kappa shape index (κ1) is 7.98. The Morgan fingerprint density at radius 2 is 2.08 bits per heavy atom. The molecule has 13 heavy (non-hydrogen) atoms. The fourth-order valence-corrected chi connectivity index (χ4v) is 1.28. The molecule has 2 rings (SSSR count). The maximum absolute atomic E-state index is 4.40. The van der Waals surface area contributed by atoms with Gasteiger partial charge in [0.05, 0.1) is 0 Å². The van der Waals surface area contributed by atoms with Crippen LogP contribution in [-0.2, 0) is 0 Å². The molecule has 3 heteroatoms. The lowest BCUT2D eigenvalue weighted by molar-refractivity contribution is 0.922. The van der Waals surface area contributed by atoms with E-state index in [1.165, 1.54) is 0 Å². The molecule has 2 aromatic heterocycles. The zero-order valence-electron chi connectivity index (χ0n) is 7.73. The van der Waals surface area contributed by atoms with Gasteiger partial charge in [-0.2, -0.15) is 0 Å². The van der Waals surface area contributed by atoms with Gasteiger partial charge in [-0.1, -0.05) is 6.07 Å². The zero-order valence-corrected chi connectivity index (χ0v) is 7.73. The molecule has 0 atom stereocenters. The highest BCUT2D eigenvalue weighted by atomic mass is 15.1. The number of imidazole rings is 1. The van der Waals surface area contributed by atoms with Gasteiger partial charge in [-0.05, 0) is 26.0 Å². The number of aromatic nitrogens is 3. The van der Waals surface area contributed by atoms with Gasteiger partial charge in [0.15, 0.2) is 0 Å². The van der Waals surface area contributed by atoms with E-state index in [1.807, 2.05) is 42.8 Å². The third-order valence-electron chi connectivity index (χ3n) is 1.95. The lowest BCUT2D eigenvalue weighted by atomic mass is 10.4. The van der Waals surface area contributed by atoms with Crippen molar-refractivity contribution in [3.05, 3.63) is 42.1 Å². The van der Waals surface area contributed by atoms with Crippen LogP contribution in [0.4, 0.5) is 0 Å². The molecule has 2 aromatic rings. The van der Waals surface area contributed by atoms with E-state index in [4.69, 9.17) is 0 Å². The van der Waals surface area contributed by atoms with Crippen LogP contribution in [0.3, 0.4) is 0 Å². The molecule has 0 unspecified atom stereocenters. The second-order valence-corrected chi connectivity index (χ2v) is 2.98. The van der Waals surface area contributed by atoms with Crippen molar-refractivity contribution in [2.45, 2.75) is 13.8 Å². The molecule has 0 aliphatic carbocycles. The first-order valence-electron chi connectivity index (χ1n) is 4.21. The predicted molar refractivity (Wildman–Crippen MR) is 50.8 cm³/mol. The summed E-state index contributed by atoms with van der Waals surface area (Å²) in [5, 5.41) is 0. The van der Waals surface area contributed by atoms with Crippen molar-refractivity contribution < 1.29 is 0 Å². The second-order valence-electron chi connectivity index (χ2n) is 2.98. The van der Waals surface area contributed by atoms with Crippen molar-refractivity contribution in [1.82, 2.24) is 14.5 Å². The lowest BCUT2D eigenvalue weighted by Crippen LogP contribution is -1.98. The average Bonchev–Trinajstić information content (AvgIpc) is 2.51. The number of pyridine rings is 1. The highest BCUT2D eigenvalue weighted by Gasteiger charge is 2.00. The molecular weight excluding hydrogens is 162 g/mol. The molecule has 0 aliphatic heterocycles. The summed E-state index contributed by atoms with van der Waals surface area (Å²) >= 11 is 0. The van der Waals surface area contributed by atoms with Crippen molar-refractivity contribution in [2.24, 2.45) is 0 Å². The fourth-order valence-electron chi connectivity index (χ4n) is 1.28. The second kappa shape index (κ2) is 3.01. The van der Waals surface area contributed by atoms with E-state index in [1.54, 1.807) is 6.20 Å². The maximum atomic E-state index is 4.40. The summed E-state index contributed by atoms with van der Waals surface area (Å²) < 4.78 is 1.97. The van der Waals surface area contributed by atoms with Crippen molar-refractivity contribution in [3.63, 3.8) is 0 Å². The Kier molecular flexibility index (Phi) is 1.85. The number of hydrogen-bond donors (Lipinski definition) is 0. The monoisotopic (exact) mass is 173 g/mol. The SMILES string of the molecule is Cc1cccc(-n2ccnc2C)n1. The van der Waals surface area contributed by atoms with Crippen LogP contribution in [0.25, 0.3) is 5.82 Å². The largest absolute Gasteiger partial charge is 0.288 e. The van der Waals surface area contributed by atoms with Crippen LogP contribution in [-0.4, -0.2) is 14.5 Å². The molecule has 0 saturated carbocycles. The minimum absolute atomic E-state index is 0.926. The molecule has 66 valence electrons. The first-order valence-corrected chi connectivity index (χ1v) is 4.21. The van der Waals surface area contributed by atoms with E-state index in [9.17, 15) is 0 Å². The Morgan fingerprint density at radius 1 is 1.23 bits per heavy atom. The Bertz CT molecular complexity index is 418. The molecule has 0 saturated heterocycles. The number of hydrogen-bond acceptors (Lipinski definition) is 2. The van der Waals surface area contributed by atoms with Crippen LogP contribution in [0.5, 0.6) is 0 Å². The maximum Gasteiger partial charge on any atom is 0.138 e. The molecule has 0 amide bonds. The third kappa shape index (κ3) is 1.45. The van der Waals surface area contributed by atoms with Gasteiger partial charge in [0.1, 0.15) is 11.6 Å². The smallest absolute Gasteiger partial charge is 0.138 e. The zero-order chi connectivity index (χ0) is 9.26. The van der Waals surface area contributed by atoms with Gasteiger partial charge in [0.2, 0.25) is 0 Å². The first-order chi connectivity index (χ1) is 6.27. The Hall–Kier alpha value is -1.64. The highest BCUT2D eigenvalue weighted by Crippen LogP contribution is 2.07. The minimum atomic E-state index is 0.926. The van der Waals surface area contributed by atoms with E-state index in [-0.39, 0.29) is 0 Å². The highest BCUT2D eigenvalue weighted by molar-refractivity contribution is 5.25. The van der Waals surface area contributed by atoms with E-state index in [0.717, 1.165) is 17.3 Å². The van der Waals surface area contributed by atoms with Crippen LogP contribution in [0.2, 0.25) is 0 Å². The normalized spacial score (nSPS) is 10.3. The summed E-state index contributed by atoms with van der Waals surface area (Å²) in [5.74, 6) is 1.88. The summed E-state index contributed by atoms with van der Waals surface area (Å²) in [6.45, 7) is 3.94. The quantitative estimate of drug-likeness (QED) is 0.659. The molecule has 0 aliphatic rings. The molecule has 3 nitrogen and oxygen atoms in total. The molecule has 2 heterocycles. The molecule has 0 spiro atoms. The summed E-state index contributed by atoms with van der Waals surface area (Å²) in [4.78, 5) is 8.55. The molecule has 0 fully saturated rings. The van der Waals surface area contributed by atoms with E-state index >= 15 is 0 Å². The Morgan fingerprint density at radius 3 is 2.69 bits per heavy atom. The van der Waals surface area contributed by atoms with Gasteiger partial charge in [0.25, 0.3) is 0 Å². The van der Waals surface area contributed by atoms with E-state index < -0.39 is 0 Å². The van der Waals surface area contributed by atoms with Gasteiger partial charge >= 0.3 is 0 Å². The summed E-state index contributed by atoms with van der Waals surface area (Å²) in [7, 11) is 0. The van der Waals surface area contributed by atoms with Crippen LogP contribution in [0.15, 0.2) is 30.6 Å². The molecular formula is C10H11N3. The van der Waals surface area contributed by atoms with Crippen LogP contribution >= 0.6 is 0 Å².